The van der Waals surface area contributed by atoms with E-state index in [1.165, 1.54) is 11.3 Å². The topological polar surface area (TPSA) is 105 Å². The van der Waals surface area contributed by atoms with Gasteiger partial charge in [-0.1, -0.05) is 60.1 Å². The summed E-state index contributed by atoms with van der Waals surface area (Å²) in [6.45, 7) is 0.190. The number of ether oxygens (including phenoxy) is 1. The Morgan fingerprint density at radius 3 is 2.24 bits per heavy atom. The number of aliphatic carboxylic acids is 1. The van der Waals surface area contributed by atoms with Crippen molar-refractivity contribution in [2.24, 2.45) is 0 Å². The molecule has 2 amide bonds. The number of hydrogen-bond donors (Lipinski definition) is 3. The van der Waals surface area contributed by atoms with Crippen LogP contribution in [0.4, 0.5) is 4.79 Å². The molecule has 2 aromatic carbocycles. The highest BCUT2D eigenvalue weighted by molar-refractivity contribution is 7.08. The maximum absolute atomic E-state index is 12.5. The van der Waals surface area contributed by atoms with Crippen LogP contribution in [-0.4, -0.2) is 35.7 Å². The number of alkyl carbamates (subject to hydrolysis) is 1. The predicted octanol–water partition coefficient (Wildman–Crippen LogP) is 4.40. The molecule has 1 aliphatic rings. The number of thiophene rings is 1. The molecule has 7 nitrogen and oxygen atoms in total. The van der Waals surface area contributed by atoms with Crippen molar-refractivity contribution in [1.29, 1.82) is 0 Å². The Hall–Kier alpha value is -3.36. The Morgan fingerprint density at radius 1 is 1.03 bits per heavy atom. The molecule has 1 unspecified atom stereocenters. The molecule has 1 atom stereocenters. The first kappa shape index (κ1) is 22.8. The zero-order valence-corrected chi connectivity index (χ0v) is 19.0. The summed E-state index contributed by atoms with van der Waals surface area (Å²) in [4.78, 5) is 36.2. The Bertz CT molecular complexity index is 1150. The van der Waals surface area contributed by atoms with Crippen LogP contribution < -0.4 is 10.6 Å². The highest BCUT2D eigenvalue weighted by Gasteiger charge is 2.30. The Balaban J connectivity index is 1.39. The smallest absolute Gasteiger partial charge is 0.407 e. The average molecular weight is 485 g/mol. The maximum Gasteiger partial charge on any atom is 0.407 e. The lowest BCUT2D eigenvalue weighted by Gasteiger charge is -2.18. The molecular formula is C24H21ClN2O5S. The van der Waals surface area contributed by atoms with Gasteiger partial charge in [0.15, 0.2) is 0 Å². The molecule has 3 N–H and O–H groups in total. The van der Waals surface area contributed by atoms with E-state index >= 15 is 0 Å². The van der Waals surface area contributed by atoms with E-state index in [1.807, 2.05) is 48.5 Å². The minimum atomic E-state index is -1.28. The molecule has 0 saturated heterocycles. The highest BCUT2D eigenvalue weighted by Crippen LogP contribution is 2.44. The van der Waals surface area contributed by atoms with Crippen molar-refractivity contribution in [1.82, 2.24) is 10.6 Å². The number of nitrogens with one attached hydrogen (secondary N) is 2. The molecule has 3 aromatic rings. The van der Waals surface area contributed by atoms with Crippen molar-refractivity contribution < 1.29 is 24.2 Å². The molecule has 0 bridgehead atoms. The molecule has 0 spiro atoms. The number of fused-ring (bicyclic) bond motifs is 3. The monoisotopic (exact) mass is 484 g/mol. The number of hydrogen-bond acceptors (Lipinski definition) is 5. The molecule has 0 saturated carbocycles. The van der Waals surface area contributed by atoms with Crippen LogP contribution in [0, 0.1) is 0 Å². The van der Waals surface area contributed by atoms with Crippen molar-refractivity contribution in [3.63, 3.8) is 0 Å². The quantitative estimate of drug-likeness (QED) is 0.439. The third kappa shape index (κ3) is 5.18. The fourth-order valence-corrected chi connectivity index (χ4v) is 4.96. The van der Waals surface area contributed by atoms with Gasteiger partial charge < -0.3 is 20.5 Å². The molecule has 0 aliphatic heterocycles. The zero-order valence-electron chi connectivity index (χ0n) is 17.4. The summed E-state index contributed by atoms with van der Waals surface area (Å²) in [5.41, 5.74) is 5.01. The first-order chi connectivity index (χ1) is 15.9. The number of carbonyl (C=O) groups is 3. The van der Waals surface area contributed by atoms with Gasteiger partial charge in [-0.25, -0.2) is 4.79 Å². The Labute approximate surface area is 199 Å². The lowest BCUT2D eigenvalue weighted by atomic mass is 9.98. The van der Waals surface area contributed by atoms with Crippen LogP contribution in [-0.2, 0) is 20.9 Å². The summed E-state index contributed by atoms with van der Waals surface area (Å²) < 4.78 is 5.43. The summed E-state index contributed by atoms with van der Waals surface area (Å²) in [6.07, 6.45) is -1.43. The van der Waals surface area contributed by atoms with Gasteiger partial charge in [0.25, 0.3) is 0 Å². The number of halogens is 1. The van der Waals surface area contributed by atoms with Crippen molar-refractivity contribution in [3.05, 3.63) is 81.0 Å². The first-order valence-electron chi connectivity index (χ1n) is 10.3. The number of rotatable bonds is 8. The molecule has 33 heavy (non-hydrogen) atoms. The van der Waals surface area contributed by atoms with Crippen LogP contribution in [0.2, 0.25) is 5.02 Å². The van der Waals surface area contributed by atoms with E-state index in [4.69, 9.17) is 16.3 Å². The van der Waals surface area contributed by atoms with Crippen LogP contribution >= 0.6 is 22.9 Å². The van der Waals surface area contributed by atoms with E-state index in [0.29, 0.717) is 10.6 Å². The molecule has 0 radical (unpaired) electrons. The second kappa shape index (κ2) is 10.1. The van der Waals surface area contributed by atoms with Gasteiger partial charge in [0.2, 0.25) is 5.91 Å². The normalized spacial score (nSPS) is 13.0. The minimum Gasteiger partial charge on any atom is -0.481 e. The standard InChI is InChI=1S/C24H21ClN2O5S/c25-20-13-33-12-14(20)10-26-23(30)21(9-22(28)29)27-24(31)32-11-19-17-7-3-1-5-15(17)16-6-2-4-8-18(16)19/h1-8,12-13,19,21H,9-11H2,(H,26,30)(H,27,31)(H,28,29). The number of carboxylic acid groups (broad SMARTS) is 1. The van der Waals surface area contributed by atoms with E-state index in [0.717, 1.165) is 22.3 Å². The van der Waals surface area contributed by atoms with Gasteiger partial charge in [-0.2, -0.15) is 11.3 Å². The van der Waals surface area contributed by atoms with Gasteiger partial charge in [0.1, 0.15) is 12.6 Å². The summed E-state index contributed by atoms with van der Waals surface area (Å²) in [5.74, 6) is -1.99. The molecule has 9 heteroatoms. The van der Waals surface area contributed by atoms with Gasteiger partial charge in [-0.05, 0) is 27.6 Å². The van der Waals surface area contributed by atoms with Crippen molar-refractivity contribution in [2.45, 2.75) is 24.9 Å². The maximum atomic E-state index is 12.5. The summed E-state index contributed by atoms with van der Waals surface area (Å²) in [7, 11) is 0. The average Bonchev–Trinajstić information content (AvgIpc) is 3.36. The summed E-state index contributed by atoms with van der Waals surface area (Å²) in [5, 5.41) is 18.2. The van der Waals surface area contributed by atoms with Gasteiger partial charge in [0, 0.05) is 23.4 Å². The summed E-state index contributed by atoms with van der Waals surface area (Å²) >= 11 is 7.41. The molecule has 4 rings (SSSR count). The molecule has 0 fully saturated rings. The van der Waals surface area contributed by atoms with Crippen molar-refractivity contribution in [3.8, 4) is 11.1 Å². The number of carbonyl (C=O) groups excluding carboxylic acids is 2. The van der Waals surface area contributed by atoms with E-state index in [9.17, 15) is 19.5 Å². The van der Waals surface area contributed by atoms with Crippen LogP contribution in [0.25, 0.3) is 11.1 Å². The zero-order chi connectivity index (χ0) is 23.4. The van der Waals surface area contributed by atoms with Crippen LogP contribution in [0.5, 0.6) is 0 Å². The first-order valence-corrected chi connectivity index (χ1v) is 11.6. The van der Waals surface area contributed by atoms with Gasteiger partial charge in [0.05, 0.1) is 11.4 Å². The van der Waals surface area contributed by atoms with Crippen molar-refractivity contribution >= 4 is 40.9 Å². The molecule has 170 valence electrons. The predicted molar refractivity (Wildman–Crippen MR) is 125 cm³/mol. The van der Waals surface area contributed by atoms with E-state index < -0.39 is 30.4 Å². The Kier molecular flexibility index (Phi) is 6.96. The fourth-order valence-electron chi connectivity index (χ4n) is 3.91. The van der Waals surface area contributed by atoms with Gasteiger partial charge in [-0.15, -0.1) is 0 Å². The van der Waals surface area contributed by atoms with Crippen LogP contribution in [0.3, 0.4) is 0 Å². The lowest BCUT2D eigenvalue weighted by molar-refractivity contribution is -0.139. The van der Waals surface area contributed by atoms with Crippen LogP contribution in [0.1, 0.15) is 29.0 Å². The van der Waals surface area contributed by atoms with Crippen LogP contribution in [0.15, 0.2) is 59.3 Å². The largest absolute Gasteiger partial charge is 0.481 e. The second-order valence-electron chi connectivity index (χ2n) is 7.58. The van der Waals surface area contributed by atoms with E-state index in [1.54, 1.807) is 10.8 Å². The van der Waals surface area contributed by atoms with Crippen molar-refractivity contribution in [2.75, 3.05) is 6.61 Å². The number of carboxylic acids is 1. The van der Waals surface area contributed by atoms with E-state index in [-0.39, 0.29) is 19.1 Å². The molecule has 1 heterocycles. The lowest BCUT2D eigenvalue weighted by Crippen LogP contribution is -2.48. The fraction of sp³-hybridized carbons (Fsp3) is 0.208. The molecular weight excluding hydrogens is 464 g/mol. The molecule has 1 aromatic heterocycles. The third-order valence-electron chi connectivity index (χ3n) is 5.47. The summed E-state index contributed by atoms with van der Waals surface area (Å²) in [6, 6.07) is 14.6. The third-order valence-corrected chi connectivity index (χ3v) is 6.75. The Morgan fingerprint density at radius 2 is 1.67 bits per heavy atom. The van der Waals surface area contributed by atoms with E-state index in [2.05, 4.69) is 10.6 Å². The van der Waals surface area contributed by atoms with Gasteiger partial charge in [-0.3, -0.25) is 9.59 Å². The second-order valence-corrected chi connectivity index (χ2v) is 8.73. The highest BCUT2D eigenvalue weighted by atomic mass is 35.5. The number of benzene rings is 2. The molecule has 1 aliphatic carbocycles. The number of amides is 2. The minimum absolute atomic E-state index is 0.0613. The SMILES string of the molecule is O=C(O)CC(NC(=O)OCC1c2ccccc2-c2ccccc21)C(=O)NCc1cscc1Cl. The van der Waals surface area contributed by atoms with Gasteiger partial charge >= 0.3 is 12.1 Å².